The molecule has 2 unspecified atom stereocenters. The van der Waals surface area contributed by atoms with Crippen molar-refractivity contribution < 1.29 is 0 Å². The molecule has 0 aliphatic heterocycles. The molecule has 0 bridgehead atoms. The van der Waals surface area contributed by atoms with E-state index in [0.717, 1.165) is 11.8 Å². The van der Waals surface area contributed by atoms with Crippen molar-refractivity contribution in [3.05, 3.63) is 0 Å². The summed E-state index contributed by atoms with van der Waals surface area (Å²) in [4.78, 5) is 0. The summed E-state index contributed by atoms with van der Waals surface area (Å²) in [6.07, 6.45) is 5.66. The molecule has 0 aromatic carbocycles. The van der Waals surface area contributed by atoms with Gasteiger partial charge < -0.3 is 5.32 Å². The molecule has 0 spiro atoms. The lowest BCUT2D eigenvalue weighted by molar-refractivity contribution is 0.202. The van der Waals surface area contributed by atoms with Crippen LogP contribution in [0.5, 0.6) is 0 Å². The maximum Gasteiger partial charge on any atom is -0.00234 e. The molecule has 78 valence electrons. The van der Waals surface area contributed by atoms with Crippen LogP contribution in [-0.4, -0.2) is 13.6 Å². The molecule has 13 heavy (non-hydrogen) atoms. The van der Waals surface area contributed by atoms with Crippen LogP contribution in [0.2, 0.25) is 0 Å². The summed E-state index contributed by atoms with van der Waals surface area (Å²) >= 11 is 0. The van der Waals surface area contributed by atoms with Gasteiger partial charge in [-0.1, -0.05) is 27.2 Å². The SMILES string of the molecule is CCC(C)(C)C1CCC(CNC)C1. The van der Waals surface area contributed by atoms with Crippen LogP contribution in [0.4, 0.5) is 0 Å². The third-order valence-electron chi connectivity index (χ3n) is 4.05. The fourth-order valence-electron chi connectivity index (χ4n) is 2.55. The Hall–Kier alpha value is -0.0400. The monoisotopic (exact) mass is 183 g/mol. The molecule has 0 aromatic rings. The molecule has 0 saturated heterocycles. The van der Waals surface area contributed by atoms with Crippen molar-refractivity contribution in [1.29, 1.82) is 0 Å². The Morgan fingerprint density at radius 1 is 1.31 bits per heavy atom. The maximum atomic E-state index is 3.30. The zero-order valence-corrected chi connectivity index (χ0v) is 9.69. The van der Waals surface area contributed by atoms with E-state index in [1.165, 1.54) is 32.2 Å². The topological polar surface area (TPSA) is 12.0 Å². The van der Waals surface area contributed by atoms with Crippen LogP contribution in [0.15, 0.2) is 0 Å². The number of nitrogens with one attached hydrogen (secondary N) is 1. The third-order valence-corrected chi connectivity index (χ3v) is 4.05. The minimum absolute atomic E-state index is 0.572. The quantitative estimate of drug-likeness (QED) is 0.706. The Balaban J connectivity index is 2.40. The molecule has 0 aromatic heterocycles. The first-order valence-corrected chi connectivity index (χ1v) is 5.74. The summed E-state index contributed by atoms with van der Waals surface area (Å²) in [5, 5.41) is 3.30. The third kappa shape index (κ3) is 2.70. The molecule has 1 nitrogen and oxygen atoms in total. The van der Waals surface area contributed by atoms with Gasteiger partial charge in [0.25, 0.3) is 0 Å². The summed E-state index contributed by atoms with van der Waals surface area (Å²) in [5.74, 6) is 1.91. The number of hydrogen-bond donors (Lipinski definition) is 1. The average molecular weight is 183 g/mol. The predicted molar refractivity (Wildman–Crippen MR) is 58.8 cm³/mol. The van der Waals surface area contributed by atoms with Crippen LogP contribution in [0, 0.1) is 17.3 Å². The molecule has 1 aliphatic rings. The van der Waals surface area contributed by atoms with Gasteiger partial charge in [-0.05, 0) is 50.1 Å². The highest BCUT2D eigenvalue weighted by Crippen LogP contribution is 2.43. The van der Waals surface area contributed by atoms with Gasteiger partial charge in [0.2, 0.25) is 0 Å². The molecular weight excluding hydrogens is 158 g/mol. The van der Waals surface area contributed by atoms with Gasteiger partial charge in [0, 0.05) is 0 Å². The van der Waals surface area contributed by atoms with E-state index in [4.69, 9.17) is 0 Å². The largest absolute Gasteiger partial charge is 0.319 e. The van der Waals surface area contributed by atoms with Gasteiger partial charge in [0.15, 0.2) is 0 Å². The van der Waals surface area contributed by atoms with Crippen LogP contribution >= 0.6 is 0 Å². The lowest BCUT2D eigenvalue weighted by Gasteiger charge is -2.30. The summed E-state index contributed by atoms with van der Waals surface area (Å²) < 4.78 is 0. The summed E-state index contributed by atoms with van der Waals surface area (Å²) in [5.41, 5.74) is 0.572. The zero-order valence-electron chi connectivity index (χ0n) is 9.69. The predicted octanol–water partition coefficient (Wildman–Crippen LogP) is 3.06. The van der Waals surface area contributed by atoms with Gasteiger partial charge in [-0.25, -0.2) is 0 Å². The summed E-state index contributed by atoms with van der Waals surface area (Å²) in [6, 6.07) is 0. The first-order chi connectivity index (χ1) is 6.10. The van der Waals surface area contributed by atoms with Gasteiger partial charge in [-0.15, -0.1) is 0 Å². The van der Waals surface area contributed by atoms with Crippen molar-refractivity contribution >= 4 is 0 Å². The standard InChI is InChI=1S/C12H25N/c1-5-12(2,3)11-7-6-10(8-11)9-13-4/h10-11,13H,5-9H2,1-4H3. The fourth-order valence-corrected chi connectivity index (χ4v) is 2.55. The Morgan fingerprint density at radius 2 is 2.00 bits per heavy atom. The fraction of sp³-hybridized carbons (Fsp3) is 1.00. The lowest BCUT2D eigenvalue weighted by Crippen LogP contribution is -2.22. The van der Waals surface area contributed by atoms with E-state index in [1.54, 1.807) is 0 Å². The molecular formula is C12H25N. The van der Waals surface area contributed by atoms with E-state index in [-0.39, 0.29) is 0 Å². The molecule has 2 atom stereocenters. The second-order valence-corrected chi connectivity index (χ2v) is 5.28. The summed E-state index contributed by atoms with van der Waals surface area (Å²) in [7, 11) is 2.07. The van der Waals surface area contributed by atoms with Crippen molar-refractivity contribution in [2.75, 3.05) is 13.6 Å². The molecule has 1 aliphatic carbocycles. The molecule has 0 amide bonds. The second kappa shape index (κ2) is 4.45. The molecule has 0 radical (unpaired) electrons. The molecule has 1 heteroatoms. The number of rotatable bonds is 4. The van der Waals surface area contributed by atoms with Gasteiger partial charge in [0.05, 0.1) is 0 Å². The highest BCUT2D eigenvalue weighted by molar-refractivity contribution is 4.85. The highest BCUT2D eigenvalue weighted by Gasteiger charge is 2.34. The maximum absolute atomic E-state index is 3.30. The van der Waals surface area contributed by atoms with E-state index in [1.807, 2.05) is 0 Å². The van der Waals surface area contributed by atoms with Crippen molar-refractivity contribution in [3.63, 3.8) is 0 Å². The number of hydrogen-bond acceptors (Lipinski definition) is 1. The molecule has 1 N–H and O–H groups in total. The van der Waals surface area contributed by atoms with E-state index < -0.39 is 0 Å². The Bertz CT molecular complexity index is 151. The molecule has 1 saturated carbocycles. The van der Waals surface area contributed by atoms with E-state index in [9.17, 15) is 0 Å². The Morgan fingerprint density at radius 3 is 2.54 bits per heavy atom. The van der Waals surface area contributed by atoms with E-state index in [0.29, 0.717) is 5.41 Å². The van der Waals surface area contributed by atoms with Crippen LogP contribution in [0.1, 0.15) is 46.5 Å². The summed E-state index contributed by atoms with van der Waals surface area (Å²) in [6.45, 7) is 8.40. The molecule has 1 rings (SSSR count). The van der Waals surface area contributed by atoms with E-state index >= 15 is 0 Å². The van der Waals surface area contributed by atoms with Crippen LogP contribution in [-0.2, 0) is 0 Å². The van der Waals surface area contributed by atoms with Gasteiger partial charge in [-0.2, -0.15) is 0 Å². The normalized spacial score (nSPS) is 29.5. The minimum atomic E-state index is 0.572. The first kappa shape index (κ1) is 11.0. The van der Waals surface area contributed by atoms with Crippen molar-refractivity contribution in [3.8, 4) is 0 Å². The van der Waals surface area contributed by atoms with Gasteiger partial charge >= 0.3 is 0 Å². The lowest BCUT2D eigenvalue weighted by atomic mass is 9.75. The van der Waals surface area contributed by atoms with Gasteiger partial charge in [-0.3, -0.25) is 0 Å². The van der Waals surface area contributed by atoms with E-state index in [2.05, 4.69) is 33.1 Å². The minimum Gasteiger partial charge on any atom is -0.319 e. The van der Waals surface area contributed by atoms with Gasteiger partial charge in [0.1, 0.15) is 0 Å². The van der Waals surface area contributed by atoms with Crippen molar-refractivity contribution in [2.45, 2.75) is 46.5 Å². The Labute approximate surface area is 83.3 Å². The van der Waals surface area contributed by atoms with Crippen LogP contribution in [0.3, 0.4) is 0 Å². The van der Waals surface area contributed by atoms with Crippen LogP contribution in [0.25, 0.3) is 0 Å². The van der Waals surface area contributed by atoms with Crippen molar-refractivity contribution in [2.24, 2.45) is 17.3 Å². The zero-order chi connectivity index (χ0) is 9.90. The highest BCUT2D eigenvalue weighted by atomic mass is 14.8. The van der Waals surface area contributed by atoms with Crippen molar-refractivity contribution in [1.82, 2.24) is 5.32 Å². The molecule has 0 heterocycles. The smallest absolute Gasteiger partial charge is 0.00234 e. The first-order valence-electron chi connectivity index (χ1n) is 5.74. The van der Waals surface area contributed by atoms with Crippen LogP contribution < -0.4 is 5.32 Å². The Kier molecular flexibility index (Phi) is 3.78. The molecule has 1 fully saturated rings. The average Bonchev–Trinajstić information content (AvgIpc) is 2.54. The second-order valence-electron chi connectivity index (χ2n) is 5.28.